The second kappa shape index (κ2) is 11.3. The zero-order valence-electron chi connectivity index (χ0n) is 21.1. The number of nitriles is 1. The molecular weight excluding hydrogens is 458 g/mol. The molecule has 2 heterocycles. The van der Waals surface area contributed by atoms with Crippen LogP contribution < -0.4 is 5.32 Å². The zero-order valence-corrected chi connectivity index (χ0v) is 21.1. The minimum Gasteiger partial charge on any atom is -0.344 e. The van der Waals surface area contributed by atoms with E-state index in [9.17, 15) is 10.1 Å². The van der Waals surface area contributed by atoms with Crippen LogP contribution in [0.5, 0.6) is 0 Å². The lowest BCUT2D eigenvalue weighted by Crippen LogP contribution is -2.44. The highest BCUT2D eigenvalue weighted by atomic mass is 16.1. The molecule has 6 nitrogen and oxygen atoms in total. The smallest absolute Gasteiger partial charge is 0.252 e. The van der Waals surface area contributed by atoms with E-state index >= 15 is 0 Å². The lowest BCUT2D eigenvalue weighted by atomic mass is 9.94. The van der Waals surface area contributed by atoms with Gasteiger partial charge >= 0.3 is 0 Å². The Morgan fingerprint density at radius 2 is 1.59 bits per heavy atom. The molecule has 5 rings (SSSR count). The van der Waals surface area contributed by atoms with Gasteiger partial charge in [-0.15, -0.1) is 0 Å². The molecule has 0 aliphatic carbocycles. The number of hydrogen-bond acceptors (Lipinski definition) is 5. The maximum atomic E-state index is 14.1. The summed E-state index contributed by atoms with van der Waals surface area (Å²) >= 11 is 0. The second-order valence-corrected chi connectivity index (χ2v) is 9.58. The Kier molecular flexibility index (Phi) is 7.55. The molecule has 1 unspecified atom stereocenters. The van der Waals surface area contributed by atoms with Crippen LogP contribution in [0.2, 0.25) is 0 Å². The van der Waals surface area contributed by atoms with Gasteiger partial charge in [0.1, 0.15) is 0 Å². The van der Waals surface area contributed by atoms with Crippen molar-refractivity contribution in [2.45, 2.75) is 19.0 Å². The number of piperazine rings is 1. The maximum absolute atomic E-state index is 14.1. The monoisotopic (exact) mass is 489 g/mol. The fraction of sp³-hybridized carbons (Fsp3) is 0.258. The van der Waals surface area contributed by atoms with Gasteiger partial charge in [0.25, 0.3) is 5.91 Å². The van der Waals surface area contributed by atoms with Crippen molar-refractivity contribution in [2.75, 3.05) is 33.2 Å². The molecule has 0 saturated carbocycles. The summed E-state index contributed by atoms with van der Waals surface area (Å²) < 4.78 is 0. The van der Waals surface area contributed by atoms with Crippen molar-refractivity contribution >= 4 is 16.8 Å². The topological polar surface area (TPSA) is 72.3 Å². The van der Waals surface area contributed by atoms with E-state index in [0.29, 0.717) is 12.1 Å². The summed E-state index contributed by atoms with van der Waals surface area (Å²) in [7, 11) is 2.14. The normalized spacial score (nSPS) is 15.2. The molecule has 1 atom stereocenters. The molecular formula is C31H31N5O. The van der Waals surface area contributed by atoms with Crippen LogP contribution in [0.1, 0.15) is 33.9 Å². The molecule has 0 spiro atoms. The highest BCUT2D eigenvalue weighted by molar-refractivity contribution is 6.09. The number of para-hydroxylation sites is 1. The van der Waals surface area contributed by atoms with Crippen molar-refractivity contribution in [3.63, 3.8) is 0 Å². The predicted octanol–water partition coefficient (Wildman–Crippen LogP) is 5.03. The van der Waals surface area contributed by atoms with Crippen LogP contribution in [0.3, 0.4) is 0 Å². The summed E-state index contributed by atoms with van der Waals surface area (Å²) in [5, 5.41) is 13.5. The molecule has 1 aliphatic rings. The van der Waals surface area contributed by atoms with Gasteiger partial charge in [0.2, 0.25) is 0 Å². The van der Waals surface area contributed by atoms with Crippen molar-refractivity contribution in [1.29, 1.82) is 5.26 Å². The Balaban J connectivity index is 1.64. The Morgan fingerprint density at radius 3 is 2.30 bits per heavy atom. The third kappa shape index (κ3) is 5.54. The Hall–Kier alpha value is -4.05. The van der Waals surface area contributed by atoms with Gasteiger partial charge in [0, 0.05) is 49.2 Å². The molecule has 1 aliphatic heterocycles. The molecule has 186 valence electrons. The number of benzene rings is 3. The second-order valence-electron chi connectivity index (χ2n) is 9.58. The molecule has 0 bridgehead atoms. The Bertz CT molecular complexity index is 1410. The number of hydrogen-bond donors (Lipinski definition) is 1. The molecule has 3 aromatic carbocycles. The first-order valence-electron chi connectivity index (χ1n) is 12.7. The number of likely N-dealkylation sites (N-methyl/N-ethyl adjacent to an activating group) is 1. The minimum absolute atomic E-state index is 0.177. The fourth-order valence-electron chi connectivity index (χ4n) is 4.99. The quantitative estimate of drug-likeness (QED) is 0.394. The molecule has 1 fully saturated rings. The summed E-state index contributed by atoms with van der Waals surface area (Å²) in [4.78, 5) is 23.9. The predicted molar refractivity (Wildman–Crippen MR) is 147 cm³/mol. The highest BCUT2D eigenvalue weighted by Gasteiger charge is 2.26. The van der Waals surface area contributed by atoms with Crippen molar-refractivity contribution in [3.8, 4) is 17.3 Å². The van der Waals surface area contributed by atoms with E-state index in [1.807, 2.05) is 72.8 Å². The standard InChI is InChI=1S/C31H31N5O/c1-35-18-20-36(21-19-35)22-26-29(31(37)34-27(16-17-32)23-10-4-2-5-11-23)25-14-8-9-15-28(25)33-30(26)24-12-6-3-7-13-24/h2-15,27H,16,18-22H2,1H3,(H,34,37). The van der Waals surface area contributed by atoms with Gasteiger partial charge in [-0.05, 0) is 18.7 Å². The van der Waals surface area contributed by atoms with Crippen LogP contribution in [0.4, 0.5) is 0 Å². The number of carbonyl (C=O) groups is 1. The van der Waals surface area contributed by atoms with Crippen LogP contribution in [-0.4, -0.2) is 53.9 Å². The van der Waals surface area contributed by atoms with Gasteiger partial charge in [0.15, 0.2) is 0 Å². The summed E-state index contributed by atoms with van der Waals surface area (Å²) in [6, 6.07) is 29.5. The van der Waals surface area contributed by atoms with Gasteiger partial charge in [-0.2, -0.15) is 5.26 Å². The van der Waals surface area contributed by atoms with Crippen molar-refractivity contribution < 1.29 is 4.79 Å². The van der Waals surface area contributed by atoms with E-state index in [0.717, 1.165) is 59.5 Å². The number of fused-ring (bicyclic) bond motifs is 1. The number of aromatic nitrogens is 1. The van der Waals surface area contributed by atoms with Gasteiger partial charge in [0.05, 0.1) is 35.3 Å². The highest BCUT2D eigenvalue weighted by Crippen LogP contribution is 2.32. The Morgan fingerprint density at radius 1 is 0.946 bits per heavy atom. The van der Waals surface area contributed by atoms with E-state index < -0.39 is 6.04 Å². The van der Waals surface area contributed by atoms with Gasteiger partial charge in [-0.25, -0.2) is 4.98 Å². The fourth-order valence-corrected chi connectivity index (χ4v) is 4.99. The van der Waals surface area contributed by atoms with E-state index in [1.54, 1.807) is 0 Å². The van der Waals surface area contributed by atoms with Gasteiger partial charge < -0.3 is 10.2 Å². The van der Waals surface area contributed by atoms with E-state index in [-0.39, 0.29) is 12.3 Å². The third-order valence-corrected chi connectivity index (χ3v) is 7.05. The first-order valence-corrected chi connectivity index (χ1v) is 12.7. The average Bonchev–Trinajstić information content (AvgIpc) is 2.94. The van der Waals surface area contributed by atoms with Gasteiger partial charge in [-0.1, -0.05) is 78.9 Å². The number of pyridine rings is 1. The first kappa shape index (κ1) is 24.6. The van der Waals surface area contributed by atoms with Crippen molar-refractivity contribution in [2.24, 2.45) is 0 Å². The van der Waals surface area contributed by atoms with Crippen LogP contribution in [0.15, 0.2) is 84.9 Å². The molecule has 1 saturated heterocycles. The summed E-state index contributed by atoms with van der Waals surface area (Å²) in [6.07, 6.45) is 0.193. The van der Waals surface area contributed by atoms with E-state index in [2.05, 4.69) is 40.4 Å². The molecule has 1 aromatic heterocycles. The van der Waals surface area contributed by atoms with Crippen molar-refractivity contribution in [1.82, 2.24) is 20.1 Å². The SMILES string of the molecule is CN1CCN(Cc2c(-c3ccccc3)nc3ccccc3c2C(=O)NC(CC#N)c2ccccc2)CC1. The number of nitrogens with one attached hydrogen (secondary N) is 1. The zero-order chi connectivity index (χ0) is 25.6. The largest absolute Gasteiger partial charge is 0.344 e. The average molecular weight is 490 g/mol. The summed E-state index contributed by atoms with van der Waals surface area (Å²) in [5.74, 6) is -0.177. The molecule has 37 heavy (non-hydrogen) atoms. The third-order valence-electron chi connectivity index (χ3n) is 7.05. The van der Waals surface area contributed by atoms with Crippen LogP contribution >= 0.6 is 0 Å². The van der Waals surface area contributed by atoms with E-state index in [1.165, 1.54) is 0 Å². The molecule has 1 N–H and O–H groups in total. The van der Waals surface area contributed by atoms with Crippen LogP contribution in [0, 0.1) is 11.3 Å². The molecule has 0 radical (unpaired) electrons. The molecule has 4 aromatic rings. The van der Waals surface area contributed by atoms with Crippen LogP contribution in [-0.2, 0) is 6.54 Å². The molecule has 1 amide bonds. The minimum atomic E-state index is -0.401. The summed E-state index contributed by atoms with van der Waals surface area (Å²) in [5.41, 5.74) is 5.09. The van der Waals surface area contributed by atoms with E-state index in [4.69, 9.17) is 4.98 Å². The lowest BCUT2D eigenvalue weighted by molar-refractivity contribution is 0.0935. The Labute approximate surface area is 218 Å². The lowest BCUT2D eigenvalue weighted by Gasteiger charge is -2.33. The van der Waals surface area contributed by atoms with Gasteiger partial charge in [-0.3, -0.25) is 9.69 Å². The van der Waals surface area contributed by atoms with Crippen molar-refractivity contribution in [3.05, 3.63) is 102 Å². The summed E-state index contributed by atoms with van der Waals surface area (Å²) in [6.45, 7) is 4.47. The maximum Gasteiger partial charge on any atom is 0.252 e. The number of nitrogens with zero attached hydrogens (tertiary/aromatic N) is 4. The van der Waals surface area contributed by atoms with Crippen LogP contribution in [0.25, 0.3) is 22.2 Å². The molecule has 6 heteroatoms. The number of rotatable bonds is 7. The first-order chi connectivity index (χ1) is 18.1. The number of amides is 1. The number of carbonyl (C=O) groups excluding carboxylic acids is 1.